The maximum absolute atomic E-state index is 11.6. The molecule has 1 unspecified atom stereocenters. The van der Waals surface area contributed by atoms with E-state index in [0.717, 1.165) is 29.7 Å². The van der Waals surface area contributed by atoms with E-state index in [2.05, 4.69) is 0 Å². The Labute approximate surface area is 95.9 Å². The molecule has 0 aromatic heterocycles. The van der Waals surface area contributed by atoms with E-state index in [1.54, 1.807) is 0 Å². The molecule has 2 rings (SSSR count). The minimum absolute atomic E-state index is 0.493. The molecule has 1 aromatic carbocycles. The third kappa shape index (κ3) is 1.77. The maximum Gasteiger partial charge on any atom is 0.219 e. The molecule has 0 saturated carbocycles. The van der Waals surface area contributed by atoms with Crippen LogP contribution in [0.4, 0.5) is 0 Å². The largest absolute Gasteiger partial charge is 0.392 e. The van der Waals surface area contributed by atoms with Crippen molar-refractivity contribution in [3.05, 3.63) is 40.6 Å². The van der Waals surface area contributed by atoms with Crippen LogP contribution in [-0.2, 0) is 10.4 Å². The zero-order valence-corrected chi connectivity index (χ0v) is 9.99. The van der Waals surface area contributed by atoms with Crippen molar-refractivity contribution in [2.24, 2.45) is 0 Å². The molecule has 1 heterocycles. The van der Waals surface area contributed by atoms with Gasteiger partial charge in [-0.15, -0.1) is 0 Å². The van der Waals surface area contributed by atoms with Crippen LogP contribution < -0.4 is 0 Å². The second-order valence-electron chi connectivity index (χ2n) is 4.63. The van der Waals surface area contributed by atoms with Crippen molar-refractivity contribution in [2.45, 2.75) is 39.2 Å². The van der Waals surface area contributed by atoms with Crippen molar-refractivity contribution in [1.29, 1.82) is 0 Å². The Bertz CT molecular complexity index is 439. The quantitative estimate of drug-likeness (QED) is 0.681. The summed E-state index contributed by atoms with van der Waals surface area (Å²) >= 11 is 0. The van der Waals surface area contributed by atoms with Gasteiger partial charge >= 0.3 is 0 Å². The summed E-state index contributed by atoms with van der Waals surface area (Å²) in [6.45, 7) is 5.83. The van der Waals surface area contributed by atoms with Gasteiger partial charge in [0.25, 0.3) is 0 Å². The smallest absolute Gasteiger partial charge is 0.219 e. The van der Waals surface area contributed by atoms with E-state index in [9.17, 15) is 5.21 Å². The highest BCUT2D eigenvalue weighted by molar-refractivity contribution is 5.77. The lowest BCUT2D eigenvalue weighted by Gasteiger charge is -2.36. The minimum Gasteiger partial charge on any atom is -0.392 e. The third-order valence-electron chi connectivity index (χ3n) is 3.27. The van der Waals surface area contributed by atoms with Crippen molar-refractivity contribution in [2.75, 3.05) is 0 Å². The van der Waals surface area contributed by atoms with Gasteiger partial charge in [0, 0.05) is 18.2 Å². The second-order valence-corrected chi connectivity index (χ2v) is 4.63. The van der Waals surface area contributed by atoms with E-state index in [1.165, 1.54) is 0 Å². The number of rotatable bonds is 1. The first-order valence-corrected chi connectivity index (χ1v) is 5.58. The fourth-order valence-electron chi connectivity index (χ4n) is 2.17. The number of benzene rings is 1. The van der Waals surface area contributed by atoms with Crippen molar-refractivity contribution >= 4 is 5.71 Å². The van der Waals surface area contributed by atoms with Gasteiger partial charge in [0.05, 0.1) is 0 Å². The molecule has 0 amide bonds. The van der Waals surface area contributed by atoms with Crippen LogP contribution >= 0.6 is 0 Å². The molecule has 1 aliphatic heterocycles. The summed E-state index contributed by atoms with van der Waals surface area (Å²) in [7, 11) is 0. The highest BCUT2D eigenvalue weighted by Crippen LogP contribution is 2.35. The molecule has 1 aliphatic rings. The molecule has 16 heavy (non-hydrogen) atoms. The Hall–Kier alpha value is -1.51. The van der Waals surface area contributed by atoms with Crippen LogP contribution in [0.2, 0.25) is 0 Å². The van der Waals surface area contributed by atoms with Crippen molar-refractivity contribution in [3.8, 4) is 0 Å². The van der Waals surface area contributed by atoms with Gasteiger partial charge in [-0.3, -0.25) is 5.21 Å². The first-order valence-electron chi connectivity index (χ1n) is 5.58. The minimum atomic E-state index is -0.493. The van der Waals surface area contributed by atoms with Crippen LogP contribution in [0, 0.1) is 12.1 Å². The van der Waals surface area contributed by atoms with E-state index >= 15 is 0 Å². The van der Waals surface area contributed by atoms with E-state index < -0.39 is 5.60 Å². The van der Waals surface area contributed by atoms with Gasteiger partial charge in [0.15, 0.2) is 0 Å². The molecule has 3 heteroatoms. The van der Waals surface area contributed by atoms with Gasteiger partial charge < -0.3 is 4.84 Å². The summed E-state index contributed by atoms with van der Waals surface area (Å²) in [4.78, 5) is 6.16. The molecule has 0 aliphatic carbocycles. The number of nitrogens with zero attached hydrogens (tertiary/aromatic N) is 1. The van der Waals surface area contributed by atoms with Crippen LogP contribution in [0.1, 0.15) is 37.8 Å². The lowest BCUT2D eigenvalue weighted by atomic mass is 9.87. The molecule has 0 bridgehead atoms. The van der Waals surface area contributed by atoms with Crippen molar-refractivity contribution in [3.63, 3.8) is 0 Å². The molecule has 0 fully saturated rings. The summed E-state index contributed by atoms with van der Waals surface area (Å²) in [6.07, 6.45) is 1.64. The average molecular weight is 219 g/mol. The Kier molecular flexibility index (Phi) is 2.62. The van der Waals surface area contributed by atoms with E-state index in [-0.39, 0.29) is 0 Å². The summed E-state index contributed by atoms with van der Waals surface area (Å²) in [5.74, 6) is 0. The summed E-state index contributed by atoms with van der Waals surface area (Å²) in [5.41, 5.74) is 2.51. The highest BCUT2D eigenvalue weighted by atomic mass is 16.9. The molecule has 3 nitrogen and oxygen atoms in total. The zero-order chi connectivity index (χ0) is 11.8. The Morgan fingerprint density at radius 1 is 1.31 bits per heavy atom. The number of hydrogen-bond donors (Lipinski definition) is 0. The Morgan fingerprint density at radius 2 is 2.00 bits per heavy atom. The molecule has 0 saturated heterocycles. The predicted molar refractivity (Wildman–Crippen MR) is 63.2 cm³/mol. The molecule has 0 N–H and O–H groups in total. The predicted octanol–water partition coefficient (Wildman–Crippen LogP) is 2.91. The lowest BCUT2D eigenvalue weighted by Crippen LogP contribution is -2.37. The van der Waals surface area contributed by atoms with Gasteiger partial charge in [-0.25, -0.2) is 0 Å². The topological polar surface area (TPSA) is 35.3 Å². The molecule has 1 aromatic rings. The standard InChI is InChI=1S/C13H17NO2/c1-10-6-4-5-7-12(10)13(3)9-8-11(2)14(15)16-13/h4-7H,8-9H2,1-3H3. The molecular weight excluding hydrogens is 202 g/mol. The summed E-state index contributed by atoms with van der Waals surface area (Å²) in [5, 5.41) is 11.6. The van der Waals surface area contributed by atoms with Crippen molar-refractivity contribution < 1.29 is 9.74 Å². The Balaban J connectivity index is 2.38. The van der Waals surface area contributed by atoms with E-state index in [0.29, 0.717) is 4.90 Å². The van der Waals surface area contributed by atoms with Gasteiger partial charge in [0.2, 0.25) is 5.71 Å². The first kappa shape index (κ1) is 11.0. The SMILES string of the molecule is CC1=[N+]([O-])OC(C)(c2ccccc2C)CC1. The highest BCUT2D eigenvalue weighted by Gasteiger charge is 2.33. The zero-order valence-electron chi connectivity index (χ0n) is 9.99. The van der Waals surface area contributed by atoms with Gasteiger partial charge in [-0.1, -0.05) is 24.3 Å². The summed E-state index contributed by atoms with van der Waals surface area (Å²) < 4.78 is 0. The van der Waals surface area contributed by atoms with Crippen LogP contribution in [0.15, 0.2) is 24.3 Å². The number of aryl methyl sites for hydroxylation is 1. The molecule has 0 spiro atoms. The van der Waals surface area contributed by atoms with Crippen LogP contribution in [0.3, 0.4) is 0 Å². The van der Waals surface area contributed by atoms with E-state index in [1.807, 2.05) is 45.0 Å². The van der Waals surface area contributed by atoms with Gasteiger partial charge in [-0.05, 0) is 31.4 Å². The van der Waals surface area contributed by atoms with Crippen LogP contribution in [0.5, 0.6) is 0 Å². The molecular formula is C13H17NO2. The maximum atomic E-state index is 11.6. The third-order valence-corrected chi connectivity index (χ3v) is 3.27. The van der Waals surface area contributed by atoms with Gasteiger partial charge in [-0.2, -0.15) is 0 Å². The monoisotopic (exact) mass is 219 g/mol. The van der Waals surface area contributed by atoms with Crippen molar-refractivity contribution in [1.82, 2.24) is 0 Å². The molecule has 0 radical (unpaired) electrons. The van der Waals surface area contributed by atoms with E-state index in [4.69, 9.17) is 4.84 Å². The normalized spacial score (nSPS) is 25.4. The molecule has 1 atom stereocenters. The van der Waals surface area contributed by atoms with Crippen LogP contribution in [0.25, 0.3) is 0 Å². The average Bonchev–Trinajstić information content (AvgIpc) is 2.25. The summed E-state index contributed by atoms with van der Waals surface area (Å²) in [6, 6.07) is 8.06. The second kappa shape index (κ2) is 3.81. The lowest BCUT2D eigenvalue weighted by molar-refractivity contribution is -0.774. The molecule has 86 valence electrons. The van der Waals surface area contributed by atoms with Gasteiger partial charge in [0.1, 0.15) is 5.60 Å². The first-order chi connectivity index (χ1) is 7.53. The number of hydrogen-bond acceptors (Lipinski definition) is 2. The fraction of sp³-hybridized carbons (Fsp3) is 0.462. The van der Waals surface area contributed by atoms with Crippen LogP contribution in [-0.4, -0.2) is 10.6 Å². The Morgan fingerprint density at radius 3 is 2.62 bits per heavy atom. The fourth-order valence-corrected chi connectivity index (χ4v) is 2.17.